The van der Waals surface area contributed by atoms with Crippen molar-refractivity contribution in [3.8, 4) is 0 Å². The lowest BCUT2D eigenvalue weighted by atomic mass is 10.2. The van der Waals surface area contributed by atoms with Crippen molar-refractivity contribution in [3.63, 3.8) is 0 Å². The molecule has 5 nitrogen and oxygen atoms in total. The van der Waals surface area contributed by atoms with Gasteiger partial charge in [0, 0.05) is 24.2 Å². The van der Waals surface area contributed by atoms with Gasteiger partial charge in [-0.1, -0.05) is 0 Å². The summed E-state index contributed by atoms with van der Waals surface area (Å²) in [4.78, 5) is 27.9. The third-order valence-corrected chi connectivity index (χ3v) is 4.01. The minimum Gasteiger partial charge on any atom is -0.480 e. The van der Waals surface area contributed by atoms with Gasteiger partial charge in [0.1, 0.15) is 11.7 Å². The van der Waals surface area contributed by atoms with Gasteiger partial charge in [0.05, 0.1) is 5.56 Å². The lowest BCUT2D eigenvalue weighted by Gasteiger charge is -2.32. The molecule has 1 saturated heterocycles. The maximum Gasteiger partial charge on any atom is 0.417 e. The molecule has 2 rings (SSSR count). The lowest BCUT2D eigenvalue weighted by molar-refractivity contribution is -0.141. The molecule has 1 aliphatic heterocycles. The van der Waals surface area contributed by atoms with E-state index in [1.165, 1.54) is 11.8 Å². The van der Waals surface area contributed by atoms with E-state index in [2.05, 4.69) is 4.98 Å². The topological polar surface area (TPSA) is 70.5 Å². The van der Waals surface area contributed by atoms with Crippen LogP contribution in [0.15, 0.2) is 18.3 Å². The number of rotatable bonds is 2. The van der Waals surface area contributed by atoms with Gasteiger partial charge >= 0.3 is 12.1 Å². The zero-order valence-electron chi connectivity index (χ0n) is 10.6. The van der Waals surface area contributed by atoms with Crippen LogP contribution in [0.25, 0.3) is 0 Å². The molecule has 1 amide bonds. The highest BCUT2D eigenvalue weighted by molar-refractivity contribution is 7.99. The molecule has 114 valence electrons. The summed E-state index contributed by atoms with van der Waals surface area (Å²) in [6, 6.07) is 0.737. The lowest BCUT2D eigenvalue weighted by Crippen LogP contribution is -2.50. The minimum atomic E-state index is -4.53. The van der Waals surface area contributed by atoms with E-state index in [0.717, 1.165) is 17.0 Å². The van der Waals surface area contributed by atoms with Crippen molar-refractivity contribution in [2.75, 3.05) is 18.1 Å². The zero-order valence-corrected chi connectivity index (χ0v) is 11.4. The predicted molar refractivity (Wildman–Crippen MR) is 69.0 cm³/mol. The number of carbonyl (C=O) groups excluding carboxylic acids is 1. The molecule has 0 aliphatic carbocycles. The number of alkyl halides is 3. The summed E-state index contributed by atoms with van der Waals surface area (Å²) in [7, 11) is 0. The fourth-order valence-corrected chi connectivity index (χ4v) is 2.92. The molecule has 0 bridgehead atoms. The Morgan fingerprint density at radius 2 is 2.10 bits per heavy atom. The quantitative estimate of drug-likeness (QED) is 0.899. The molecule has 2 heterocycles. The molecule has 1 aromatic rings. The average Bonchev–Trinajstić information content (AvgIpc) is 2.45. The number of aliphatic carboxylic acids is 1. The number of nitrogens with zero attached hydrogens (tertiary/aromatic N) is 2. The van der Waals surface area contributed by atoms with Gasteiger partial charge in [-0.15, -0.1) is 0 Å². The van der Waals surface area contributed by atoms with Crippen molar-refractivity contribution in [3.05, 3.63) is 29.6 Å². The Kier molecular flexibility index (Phi) is 4.40. The van der Waals surface area contributed by atoms with Crippen molar-refractivity contribution in [1.82, 2.24) is 9.88 Å². The molecule has 1 unspecified atom stereocenters. The van der Waals surface area contributed by atoms with Crippen LogP contribution in [0.3, 0.4) is 0 Å². The second-order valence-electron chi connectivity index (χ2n) is 4.36. The molecule has 0 aromatic carbocycles. The van der Waals surface area contributed by atoms with Crippen LogP contribution in [0, 0.1) is 0 Å². The Morgan fingerprint density at radius 3 is 2.62 bits per heavy atom. The monoisotopic (exact) mass is 320 g/mol. The van der Waals surface area contributed by atoms with E-state index in [0.29, 0.717) is 11.9 Å². The Bertz CT molecular complexity index is 548. The van der Waals surface area contributed by atoms with Gasteiger partial charge in [0.15, 0.2) is 0 Å². The Balaban J connectivity index is 2.20. The highest BCUT2D eigenvalue weighted by Gasteiger charge is 2.34. The van der Waals surface area contributed by atoms with Crippen molar-refractivity contribution in [2.24, 2.45) is 0 Å². The second-order valence-corrected chi connectivity index (χ2v) is 5.51. The smallest absolute Gasteiger partial charge is 0.417 e. The van der Waals surface area contributed by atoms with Crippen LogP contribution < -0.4 is 0 Å². The maximum atomic E-state index is 12.4. The normalized spacial score (nSPS) is 19.4. The number of hydrogen-bond acceptors (Lipinski definition) is 4. The van der Waals surface area contributed by atoms with Crippen LogP contribution in [-0.2, 0) is 11.0 Å². The molecular weight excluding hydrogens is 309 g/mol. The molecule has 1 N–H and O–H groups in total. The van der Waals surface area contributed by atoms with E-state index in [-0.39, 0.29) is 18.0 Å². The van der Waals surface area contributed by atoms with E-state index in [1.807, 2.05) is 0 Å². The van der Waals surface area contributed by atoms with E-state index in [9.17, 15) is 22.8 Å². The van der Waals surface area contributed by atoms with Gasteiger partial charge in [-0.2, -0.15) is 24.9 Å². The first-order valence-corrected chi connectivity index (χ1v) is 7.11. The highest BCUT2D eigenvalue weighted by atomic mass is 32.2. The summed E-state index contributed by atoms with van der Waals surface area (Å²) >= 11 is 1.41. The van der Waals surface area contributed by atoms with Crippen molar-refractivity contribution in [1.29, 1.82) is 0 Å². The number of thioether (sulfide) groups is 1. The molecule has 9 heteroatoms. The summed E-state index contributed by atoms with van der Waals surface area (Å²) in [5.74, 6) is -0.975. The summed E-state index contributed by atoms with van der Waals surface area (Å²) in [5.41, 5.74) is -1.15. The van der Waals surface area contributed by atoms with Crippen LogP contribution in [0.4, 0.5) is 13.2 Å². The van der Waals surface area contributed by atoms with E-state index >= 15 is 0 Å². The molecule has 1 atom stereocenters. The van der Waals surface area contributed by atoms with Crippen LogP contribution in [0.5, 0.6) is 0 Å². The summed E-state index contributed by atoms with van der Waals surface area (Å²) in [6.45, 7) is 0.225. The van der Waals surface area contributed by atoms with Crippen molar-refractivity contribution >= 4 is 23.6 Å². The van der Waals surface area contributed by atoms with E-state index in [4.69, 9.17) is 5.11 Å². The largest absolute Gasteiger partial charge is 0.480 e. The fraction of sp³-hybridized carbons (Fsp3) is 0.417. The van der Waals surface area contributed by atoms with Gasteiger partial charge < -0.3 is 10.0 Å². The number of pyridine rings is 1. The van der Waals surface area contributed by atoms with E-state index in [1.54, 1.807) is 0 Å². The maximum absolute atomic E-state index is 12.4. The zero-order chi connectivity index (χ0) is 15.6. The number of carboxylic acids is 1. The fourth-order valence-electron chi connectivity index (χ4n) is 1.89. The first-order chi connectivity index (χ1) is 9.80. The number of halogens is 3. The number of hydrogen-bond donors (Lipinski definition) is 1. The predicted octanol–water partition coefficient (Wildman–Crippen LogP) is 1.74. The van der Waals surface area contributed by atoms with Gasteiger partial charge in [0.25, 0.3) is 5.91 Å². The van der Waals surface area contributed by atoms with Crippen LogP contribution >= 0.6 is 11.8 Å². The second kappa shape index (κ2) is 5.92. The molecule has 1 aliphatic rings. The van der Waals surface area contributed by atoms with Crippen LogP contribution in [0.2, 0.25) is 0 Å². The summed E-state index contributed by atoms with van der Waals surface area (Å²) in [6.07, 6.45) is -3.96. The Labute approximate surface area is 122 Å². The Morgan fingerprint density at radius 1 is 1.38 bits per heavy atom. The van der Waals surface area contributed by atoms with Gasteiger partial charge in [0.2, 0.25) is 0 Å². The first kappa shape index (κ1) is 15.6. The molecule has 1 fully saturated rings. The third kappa shape index (κ3) is 3.46. The van der Waals surface area contributed by atoms with Crippen LogP contribution in [-0.4, -0.2) is 51.0 Å². The molecule has 0 radical (unpaired) electrons. The number of carboxylic acid groups (broad SMARTS) is 1. The molecule has 21 heavy (non-hydrogen) atoms. The van der Waals surface area contributed by atoms with Crippen molar-refractivity contribution in [2.45, 2.75) is 12.2 Å². The summed E-state index contributed by atoms with van der Waals surface area (Å²) in [5, 5.41) is 9.08. The van der Waals surface area contributed by atoms with Crippen molar-refractivity contribution < 1.29 is 27.9 Å². The Hall–Kier alpha value is -1.77. The standard InChI is InChI=1S/C12H11F3N2O3S/c13-12(14,15)7-1-2-8(16-5-7)10(18)17-3-4-21-6-9(17)11(19)20/h1-2,5,9H,3-4,6H2,(H,19,20). The minimum absolute atomic E-state index is 0.193. The third-order valence-electron chi connectivity index (χ3n) is 2.98. The summed E-state index contributed by atoms with van der Waals surface area (Å²) < 4.78 is 37.3. The first-order valence-electron chi connectivity index (χ1n) is 5.95. The van der Waals surface area contributed by atoms with Gasteiger partial charge in [-0.3, -0.25) is 9.78 Å². The highest BCUT2D eigenvalue weighted by Crippen LogP contribution is 2.28. The average molecular weight is 320 g/mol. The molecule has 1 aromatic heterocycles. The number of amides is 1. The molecule has 0 spiro atoms. The van der Waals surface area contributed by atoms with Crippen LogP contribution in [0.1, 0.15) is 16.1 Å². The number of aromatic nitrogens is 1. The molecule has 0 saturated carbocycles. The number of carbonyl (C=O) groups is 2. The SMILES string of the molecule is O=C(O)C1CSCCN1C(=O)c1ccc(C(F)(F)F)cn1. The van der Waals surface area contributed by atoms with Gasteiger partial charge in [-0.25, -0.2) is 4.79 Å². The molecular formula is C12H11F3N2O3S. The van der Waals surface area contributed by atoms with Gasteiger partial charge in [-0.05, 0) is 12.1 Å². The van der Waals surface area contributed by atoms with E-state index < -0.39 is 29.7 Å².